The zero-order valence-corrected chi connectivity index (χ0v) is 16.0. The van der Waals surface area contributed by atoms with E-state index in [1.165, 1.54) is 32.1 Å². The van der Waals surface area contributed by atoms with Crippen LogP contribution >= 0.6 is 0 Å². The van der Waals surface area contributed by atoms with Gasteiger partial charge in [-0.05, 0) is 30.9 Å². The van der Waals surface area contributed by atoms with Gasteiger partial charge in [-0.2, -0.15) is 4.31 Å². The van der Waals surface area contributed by atoms with E-state index in [9.17, 15) is 8.42 Å². The molecule has 0 amide bonds. The van der Waals surface area contributed by atoms with Gasteiger partial charge in [0.25, 0.3) is 0 Å². The highest BCUT2D eigenvalue weighted by molar-refractivity contribution is 7.89. The van der Waals surface area contributed by atoms with E-state index in [2.05, 4.69) is 4.90 Å². The number of fused-ring (bicyclic) bond motifs is 1. The van der Waals surface area contributed by atoms with Crippen molar-refractivity contribution in [3.63, 3.8) is 0 Å². The summed E-state index contributed by atoms with van der Waals surface area (Å²) in [5.74, 6) is 1.94. The largest absolute Gasteiger partial charge is 0.486 e. The monoisotopic (exact) mass is 380 g/mol. The van der Waals surface area contributed by atoms with E-state index >= 15 is 0 Å². The molecule has 3 aliphatic rings. The highest BCUT2D eigenvalue weighted by Crippen LogP contribution is 2.33. The van der Waals surface area contributed by atoms with Gasteiger partial charge >= 0.3 is 0 Å². The lowest BCUT2D eigenvalue weighted by atomic mass is 9.89. The third-order valence-electron chi connectivity index (χ3n) is 5.72. The topological polar surface area (TPSA) is 59.1 Å². The van der Waals surface area contributed by atoms with Gasteiger partial charge in [0.2, 0.25) is 10.0 Å². The highest BCUT2D eigenvalue weighted by Gasteiger charge is 2.30. The minimum Gasteiger partial charge on any atom is -0.486 e. The Bertz CT molecular complexity index is 723. The van der Waals surface area contributed by atoms with Gasteiger partial charge in [-0.1, -0.05) is 19.3 Å². The Balaban J connectivity index is 1.38. The Morgan fingerprint density at radius 2 is 1.62 bits per heavy atom. The van der Waals surface area contributed by atoms with E-state index < -0.39 is 10.0 Å². The van der Waals surface area contributed by atoms with E-state index in [0.717, 1.165) is 25.6 Å². The molecule has 1 saturated heterocycles. The maximum Gasteiger partial charge on any atom is 0.243 e. The third-order valence-corrected chi connectivity index (χ3v) is 7.62. The van der Waals surface area contributed by atoms with Crippen LogP contribution in [0, 0.1) is 5.92 Å². The van der Waals surface area contributed by atoms with Gasteiger partial charge in [-0.15, -0.1) is 0 Å². The molecule has 0 atom stereocenters. The van der Waals surface area contributed by atoms with E-state index in [4.69, 9.17) is 9.47 Å². The van der Waals surface area contributed by atoms with Crippen molar-refractivity contribution in [1.82, 2.24) is 9.21 Å². The van der Waals surface area contributed by atoms with Crippen LogP contribution in [0.1, 0.15) is 32.1 Å². The first-order valence-electron chi connectivity index (χ1n) is 9.75. The molecule has 7 heteroatoms. The number of piperazine rings is 1. The lowest BCUT2D eigenvalue weighted by Gasteiger charge is -2.36. The fourth-order valence-corrected chi connectivity index (χ4v) is 5.66. The van der Waals surface area contributed by atoms with Crippen molar-refractivity contribution in [3.8, 4) is 11.5 Å². The second-order valence-corrected chi connectivity index (χ2v) is 9.45. The molecule has 26 heavy (non-hydrogen) atoms. The van der Waals surface area contributed by atoms with E-state index in [-0.39, 0.29) is 0 Å². The summed E-state index contributed by atoms with van der Waals surface area (Å²) in [4.78, 5) is 2.73. The summed E-state index contributed by atoms with van der Waals surface area (Å²) in [7, 11) is -3.48. The quantitative estimate of drug-likeness (QED) is 0.802. The van der Waals surface area contributed by atoms with Crippen LogP contribution in [-0.2, 0) is 10.0 Å². The number of hydrogen-bond acceptors (Lipinski definition) is 5. The third kappa shape index (κ3) is 3.85. The minimum atomic E-state index is -3.48. The molecule has 0 radical (unpaired) electrons. The second kappa shape index (κ2) is 7.74. The molecule has 0 unspecified atom stereocenters. The van der Waals surface area contributed by atoms with Crippen molar-refractivity contribution in [1.29, 1.82) is 0 Å². The molecule has 2 fully saturated rings. The summed E-state index contributed by atoms with van der Waals surface area (Å²) in [6.45, 7) is 4.84. The zero-order chi connectivity index (χ0) is 18.0. The lowest BCUT2D eigenvalue weighted by molar-refractivity contribution is 0.149. The van der Waals surface area contributed by atoms with Gasteiger partial charge in [-0.3, -0.25) is 0 Å². The van der Waals surface area contributed by atoms with Crippen molar-refractivity contribution < 1.29 is 17.9 Å². The molecule has 4 rings (SSSR count). The van der Waals surface area contributed by atoms with Gasteiger partial charge in [0.1, 0.15) is 13.2 Å². The molecule has 0 bridgehead atoms. The first kappa shape index (κ1) is 18.1. The summed E-state index contributed by atoms with van der Waals surface area (Å²) >= 11 is 0. The number of rotatable bonds is 4. The molecule has 2 heterocycles. The van der Waals surface area contributed by atoms with Gasteiger partial charge in [0.05, 0.1) is 4.90 Å². The molecule has 0 spiro atoms. The maximum atomic E-state index is 13.0. The average molecular weight is 381 g/mol. The van der Waals surface area contributed by atoms with Crippen LogP contribution in [-0.4, -0.2) is 63.6 Å². The van der Waals surface area contributed by atoms with Crippen molar-refractivity contribution in [3.05, 3.63) is 18.2 Å². The fourth-order valence-electron chi connectivity index (χ4n) is 4.22. The summed E-state index contributed by atoms with van der Waals surface area (Å²) in [5, 5.41) is 0. The molecule has 1 aliphatic carbocycles. The van der Waals surface area contributed by atoms with Gasteiger partial charge < -0.3 is 14.4 Å². The second-order valence-electron chi connectivity index (χ2n) is 7.51. The lowest BCUT2D eigenvalue weighted by Crippen LogP contribution is -2.49. The Kier molecular flexibility index (Phi) is 5.38. The standard InChI is InChI=1S/C19H28N2O4S/c22-26(23,17-6-7-18-19(14-17)25-13-12-24-18)21-10-8-20(9-11-21)15-16-4-2-1-3-5-16/h6-7,14,16H,1-5,8-13,15H2. The molecule has 1 aromatic rings. The van der Waals surface area contributed by atoms with Gasteiger partial charge in [-0.25, -0.2) is 8.42 Å². The average Bonchev–Trinajstić information content (AvgIpc) is 2.69. The van der Waals surface area contributed by atoms with Crippen LogP contribution < -0.4 is 9.47 Å². The highest BCUT2D eigenvalue weighted by atomic mass is 32.2. The van der Waals surface area contributed by atoms with Crippen molar-refractivity contribution in [2.24, 2.45) is 5.92 Å². The van der Waals surface area contributed by atoms with E-state index in [1.807, 2.05) is 0 Å². The Labute approximate surface area is 156 Å². The zero-order valence-electron chi connectivity index (χ0n) is 15.2. The predicted molar refractivity (Wildman–Crippen MR) is 99.2 cm³/mol. The molecule has 0 N–H and O–H groups in total. The first-order valence-corrected chi connectivity index (χ1v) is 11.2. The summed E-state index contributed by atoms with van der Waals surface area (Å²) < 4.78 is 38.6. The summed E-state index contributed by atoms with van der Waals surface area (Å²) in [6, 6.07) is 4.91. The normalized spacial score (nSPS) is 23.1. The SMILES string of the molecule is O=S(=O)(c1ccc2c(c1)OCCO2)N1CCN(CC2CCCCC2)CC1. The number of hydrogen-bond donors (Lipinski definition) is 0. The molecule has 2 aliphatic heterocycles. The number of benzene rings is 1. The Morgan fingerprint density at radius 3 is 2.35 bits per heavy atom. The van der Waals surface area contributed by atoms with E-state index in [0.29, 0.717) is 42.7 Å². The minimum absolute atomic E-state index is 0.294. The number of sulfonamides is 1. The maximum absolute atomic E-state index is 13.0. The Morgan fingerprint density at radius 1 is 0.923 bits per heavy atom. The smallest absolute Gasteiger partial charge is 0.243 e. The molecule has 1 aromatic carbocycles. The van der Waals surface area contributed by atoms with Crippen LogP contribution in [0.4, 0.5) is 0 Å². The Hall–Kier alpha value is -1.31. The van der Waals surface area contributed by atoms with Crippen molar-refractivity contribution in [2.45, 2.75) is 37.0 Å². The summed E-state index contributed by atoms with van der Waals surface area (Å²) in [6.07, 6.45) is 6.73. The molecule has 144 valence electrons. The molecule has 1 saturated carbocycles. The van der Waals surface area contributed by atoms with Crippen LogP contribution in [0.25, 0.3) is 0 Å². The van der Waals surface area contributed by atoms with Gasteiger partial charge in [0, 0.05) is 38.8 Å². The summed E-state index contributed by atoms with van der Waals surface area (Å²) in [5.41, 5.74) is 0. The van der Waals surface area contributed by atoms with Crippen LogP contribution in [0.3, 0.4) is 0 Å². The number of nitrogens with zero attached hydrogens (tertiary/aromatic N) is 2. The molecule has 6 nitrogen and oxygen atoms in total. The van der Waals surface area contributed by atoms with Crippen LogP contribution in [0.15, 0.2) is 23.1 Å². The van der Waals surface area contributed by atoms with Crippen molar-refractivity contribution in [2.75, 3.05) is 45.9 Å². The fraction of sp³-hybridized carbons (Fsp3) is 0.684. The first-order chi connectivity index (χ1) is 12.6. The predicted octanol–water partition coefficient (Wildman–Crippen LogP) is 2.34. The van der Waals surface area contributed by atoms with Crippen LogP contribution in [0.5, 0.6) is 11.5 Å². The van der Waals surface area contributed by atoms with Gasteiger partial charge in [0.15, 0.2) is 11.5 Å². The van der Waals surface area contributed by atoms with Crippen molar-refractivity contribution >= 4 is 10.0 Å². The molecule has 0 aromatic heterocycles. The molecular weight excluding hydrogens is 352 g/mol. The van der Waals surface area contributed by atoms with Crippen LogP contribution in [0.2, 0.25) is 0 Å². The van der Waals surface area contributed by atoms with E-state index in [1.54, 1.807) is 22.5 Å². The number of ether oxygens (including phenoxy) is 2. The molecular formula is C19H28N2O4S.